The van der Waals surface area contributed by atoms with E-state index in [1.54, 1.807) is 0 Å². The lowest BCUT2D eigenvalue weighted by Gasteiger charge is -2.18. The molecule has 0 aromatic carbocycles. The predicted molar refractivity (Wildman–Crippen MR) is 99.7 cm³/mol. The molecule has 0 heterocycles. The monoisotopic (exact) mass is 327 g/mol. The molecule has 0 fully saturated rings. The van der Waals surface area contributed by atoms with Crippen molar-refractivity contribution in [3.05, 3.63) is 0 Å². The first-order valence-electron chi connectivity index (χ1n) is 10.1. The number of aliphatic carboxylic acids is 1. The molecule has 3 heteroatoms. The lowest BCUT2D eigenvalue weighted by Crippen LogP contribution is -2.24. The molecule has 0 rings (SSSR count). The van der Waals surface area contributed by atoms with Gasteiger partial charge in [0.1, 0.15) is 0 Å². The molecule has 2 atom stereocenters. The standard InChI is InChI=1S/C20H41NO2/c1-3-5-6-7-8-9-10-11-12-13-14-15-18(17-20(22)23)16-19(21)4-2/h18-19H,3-17,21H2,1-2H3,(H,22,23). The first-order valence-corrected chi connectivity index (χ1v) is 10.1. The van der Waals surface area contributed by atoms with E-state index in [0.717, 1.165) is 25.7 Å². The highest BCUT2D eigenvalue weighted by Gasteiger charge is 2.15. The van der Waals surface area contributed by atoms with E-state index in [4.69, 9.17) is 10.8 Å². The predicted octanol–water partition coefficient (Wildman–Crippen LogP) is 5.91. The second-order valence-electron chi connectivity index (χ2n) is 7.19. The van der Waals surface area contributed by atoms with E-state index >= 15 is 0 Å². The Hall–Kier alpha value is -0.570. The Labute approximate surface area is 144 Å². The van der Waals surface area contributed by atoms with E-state index < -0.39 is 5.97 Å². The fraction of sp³-hybridized carbons (Fsp3) is 0.950. The molecule has 0 aromatic heterocycles. The normalized spacial score (nSPS) is 13.9. The summed E-state index contributed by atoms with van der Waals surface area (Å²) in [5.74, 6) is -0.414. The summed E-state index contributed by atoms with van der Waals surface area (Å²) in [5, 5.41) is 9.01. The zero-order valence-electron chi connectivity index (χ0n) is 15.7. The van der Waals surface area contributed by atoms with Crippen molar-refractivity contribution in [2.45, 2.75) is 116 Å². The van der Waals surface area contributed by atoms with Crippen LogP contribution in [-0.2, 0) is 4.79 Å². The van der Waals surface area contributed by atoms with E-state index in [1.807, 2.05) is 0 Å². The maximum Gasteiger partial charge on any atom is 0.303 e. The summed E-state index contributed by atoms with van der Waals surface area (Å²) in [7, 11) is 0. The Balaban J connectivity index is 3.52. The minimum Gasteiger partial charge on any atom is -0.481 e. The number of carboxylic acids is 1. The van der Waals surface area contributed by atoms with Crippen LogP contribution in [0.15, 0.2) is 0 Å². The molecule has 0 aromatic rings. The van der Waals surface area contributed by atoms with Gasteiger partial charge in [-0.15, -0.1) is 0 Å². The molecule has 0 radical (unpaired) electrons. The second kappa shape index (κ2) is 16.3. The van der Waals surface area contributed by atoms with Crippen LogP contribution in [0.5, 0.6) is 0 Å². The fourth-order valence-electron chi connectivity index (χ4n) is 3.24. The van der Waals surface area contributed by atoms with Crippen LogP contribution in [0.4, 0.5) is 0 Å². The van der Waals surface area contributed by atoms with Crippen molar-refractivity contribution in [1.29, 1.82) is 0 Å². The quantitative estimate of drug-likeness (QED) is 0.327. The van der Waals surface area contributed by atoms with E-state index in [-0.39, 0.29) is 18.4 Å². The summed E-state index contributed by atoms with van der Waals surface area (Å²) in [6.45, 7) is 4.34. The summed E-state index contributed by atoms with van der Waals surface area (Å²) in [6, 6.07) is 0.159. The summed E-state index contributed by atoms with van der Waals surface area (Å²) >= 11 is 0. The molecule has 0 aliphatic carbocycles. The van der Waals surface area contributed by atoms with Gasteiger partial charge in [-0.3, -0.25) is 4.79 Å². The van der Waals surface area contributed by atoms with E-state index in [1.165, 1.54) is 64.2 Å². The van der Waals surface area contributed by atoms with Crippen molar-refractivity contribution in [3.8, 4) is 0 Å². The number of hydrogen-bond donors (Lipinski definition) is 2. The summed E-state index contributed by atoms with van der Waals surface area (Å²) in [6.07, 6.45) is 17.8. The van der Waals surface area contributed by atoms with Gasteiger partial charge >= 0.3 is 5.97 Å². The third-order valence-electron chi connectivity index (χ3n) is 4.84. The van der Waals surface area contributed by atoms with Crippen LogP contribution in [0, 0.1) is 5.92 Å². The fourth-order valence-corrected chi connectivity index (χ4v) is 3.24. The Morgan fingerprint density at radius 1 is 0.870 bits per heavy atom. The lowest BCUT2D eigenvalue weighted by molar-refractivity contribution is -0.138. The van der Waals surface area contributed by atoms with Crippen LogP contribution in [0.25, 0.3) is 0 Å². The second-order valence-corrected chi connectivity index (χ2v) is 7.19. The van der Waals surface area contributed by atoms with Gasteiger partial charge in [0.05, 0.1) is 0 Å². The minimum atomic E-state index is -0.679. The van der Waals surface area contributed by atoms with Crippen molar-refractivity contribution in [3.63, 3.8) is 0 Å². The number of carboxylic acid groups (broad SMARTS) is 1. The van der Waals surface area contributed by atoms with E-state index in [2.05, 4.69) is 13.8 Å². The van der Waals surface area contributed by atoms with Gasteiger partial charge in [0, 0.05) is 12.5 Å². The largest absolute Gasteiger partial charge is 0.481 e. The van der Waals surface area contributed by atoms with Crippen molar-refractivity contribution < 1.29 is 9.90 Å². The molecule has 138 valence electrons. The van der Waals surface area contributed by atoms with Crippen LogP contribution in [0.1, 0.15) is 110 Å². The van der Waals surface area contributed by atoms with E-state index in [9.17, 15) is 4.79 Å². The van der Waals surface area contributed by atoms with E-state index in [0.29, 0.717) is 0 Å². The molecule has 2 unspecified atom stereocenters. The number of unbranched alkanes of at least 4 members (excludes halogenated alkanes) is 10. The SMILES string of the molecule is CCCCCCCCCCCCCC(CC(=O)O)CC(N)CC. The molecule has 23 heavy (non-hydrogen) atoms. The molecule has 0 aliphatic rings. The van der Waals surface area contributed by atoms with Crippen LogP contribution in [0.3, 0.4) is 0 Å². The average Bonchev–Trinajstić information content (AvgIpc) is 2.51. The van der Waals surface area contributed by atoms with Crippen molar-refractivity contribution in [2.24, 2.45) is 11.7 Å². The molecule has 0 saturated heterocycles. The van der Waals surface area contributed by atoms with Gasteiger partial charge in [0.2, 0.25) is 0 Å². The number of nitrogens with two attached hydrogens (primary N) is 1. The Morgan fingerprint density at radius 2 is 1.35 bits per heavy atom. The highest BCUT2D eigenvalue weighted by molar-refractivity contribution is 5.67. The molecule has 0 amide bonds. The zero-order chi connectivity index (χ0) is 17.3. The number of rotatable bonds is 17. The third-order valence-corrected chi connectivity index (χ3v) is 4.84. The molecule has 0 spiro atoms. The highest BCUT2D eigenvalue weighted by Crippen LogP contribution is 2.21. The van der Waals surface area contributed by atoms with Crippen molar-refractivity contribution in [2.75, 3.05) is 0 Å². The zero-order valence-corrected chi connectivity index (χ0v) is 15.7. The summed E-state index contributed by atoms with van der Waals surface area (Å²) in [4.78, 5) is 10.9. The van der Waals surface area contributed by atoms with Gasteiger partial charge in [0.25, 0.3) is 0 Å². The lowest BCUT2D eigenvalue weighted by atomic mass is 9.90. The first-order chi connectivity index (χ1) is 11.1. The van der Waals surface area contributed by atoms with Gasteiger partial charge < -0.3 is 10.8 Å². The van der Waals surface area contributed by atoms with Crippen molar-refractivity contribution in [1.82, 2.24) is 0 Å². The van der Waals surface area contributed by atoms with Crippen LogP contribution < -0.4 is 5.73 Å². The number of hydrogen-bond acceptors (Lipinski definition) is 2. The molecule has 0 bridgehead atoms. The first kappa shape index (κ1) is 22.4. The number of carbonyl (C=O) groups is 1. The van der Waals surface area contributed by atoms with Gasteiger partial charge in [-0.1, -0.05) is 84.5 Å². The Morgan fingerprint density at radius 3 is 1.78 bits per heavy atom. The maximum absolute atomic E-state index is 10.9. The highest BCUT2D eigenvalue weighted by atomic mass is 16.4. The minimum absolute atomic E-state index is 0.159. The van der Waals surface area contributed by atoms with Gasteiger partial charge in [-0.2, -0.15) is 0 Å². The Kier molecular flexibility index (Phi) is 15.9. The van der Waals surface area contributed by atoms with Gasteiger partial charge in [-0.25, -0.2) is 0 Å². The third kappa shape index (κ3) is 16.1. The molecule has 0 saturated carbocycles. The molecular formula is C20H41NO2. The topological polar surface area (TPSA) is 63.3 Å². The Bertz CT molecular complexity index is 268. The summed E-state index contributed by atoms with van der Waals surface area (Å²) < 4.78 is 0. The van der Waals surface area contributed by atoms with Crippen LogP contribution in [0.2, 0.25) is 0 Å². The van der Waals surface area contributed by atoms with Crippen LogP contribution in [-0.4, -0.2) is 17.1 Å². The summed E-state index contributed by atoms with van der Waals surface area (Å²) in [5.41, 5.74) is 5.99. The molecule has 0 aliphatic heterocycles. The van der Waals surface area contributed by atoms with Gasteiger partial charge in [-0.05, 0) is 25.2 Å². The maximum atomic E-state index is 10.9. The van der Waals surface area contributed by atoms with Gasteiger partial charge in [0.15, 0.2) is 0 Å². The average molecular weight is 328 g/mol. The van der Waals surface area contributed by atoms with Crippen LogP contribution >= 0.6 is 0 Å². The molecule has 3 N–H and O–H groups in total. The smallest absolute Gasteiger partial charge is 0.303 e. The molecule has 3 nitrogen and oxygen atoms in total. The molecular weight excluding hydrogens is 286 g/mol. The van der Waals surface area contributed by atoms with Crippen molar-refractivity contribution >= 4 is 5.97 Å².